The van der Waals surface area contributed by atoms with Gasteiger partial charge in [-0.25, -0.2) is 0 Å². The Kier molecular flexibility index (Phi) is 5.75. The lowest BCUT2D eigenvalue weighted by molar-refractivity contribution is 0.322. The van der Waals surface area contributed by atoms with Crippen LogP contribution in [-0.4, -0.2) is 6.61 Å². The van der Waals surface area contributed by atoms with Gasteiger partial charge in [-0.3, -0.25) is 0 Å². The van der Waals surface area contributed by atoms with Gasteiger partial charge in [0.25, 0.3) is 0 Å². The first-order valence-corrected chi connectivity index (χ1v) is 8.43. The fourth-order valence-electron chi connectivity index (χ4n) is 2.47. The molecule has 3 rings (SSSR count). The molecule has 0 aromatic heterocycles. The molecule has 2 nitrogen and oxygen atoms in total. The highest BCUT2D eigenvalue weighted by Gasteiger charge is 2.01. The molecule has 0 bridgehead atoms. The van der Waals surface area contributed by atoms with E-state index in [9.17, 15) is 0 Å². The number of ether oxygens (including phenoxy) is 1. The molecule has 0 atom stereocenters. The Bertz CT molecular complexity index is 774. The maximum atomic E-state index is 6.18. The van der Waals surface area contributed by atoms with Crippen molar-refractivity contribution in [3.05, 3.63) is 95.0 Å². The zero-order chi connectivity index (χ0) is 16.6. The molecule has 3 aromatic carbocycles. The average Bonchev–Trinajstić information content (AvgIpc) is 2.62. The van der Waals surface area contributed by atoms with Gasteiger partial charge in [-0.2, -0.15) is 0 Å². The lowest BCUT2D eigenvalue weighted by atomic mass is 10.2. The molecule has 0 aliphatic heterocycles. The molecule has 0 aliphatic rings. The number of benzene rings is 3. The van der Waals surface area contributed by atoms with Crippen molar-refractivity contribution >= 4 is 17.3 Å². The van der Waals surface area contributed by atoms with Gasteiger partial charge < -0.3 is 10.1 Å². The van der Waals surface area contributed by atoms with Crippen LogP contribution in [0.4, 0.5) is 5.69 Å². The third-order valence-electron chi connectivity index (χ3n) is 3.78. The second kappa shape index (κ2) is 8.42. The number of hydrogen-bond acceptors (Lipinski definition) is 2. The SMILES string of the molecule is Clc1ccccc1CNc1cccc(OCCc2ccccc2)c1. The maximum absolute atomic E-state index is 6.18. The van der Waals surface area contributed by atoms with E-state index in [-0.39, 0.29) is 0 Å². The summed E-state index contributed by atoms with van der Waals surface area (Å²) in [5.74, 6) is 0.870. The Labute approximate surface area is 148 Å². The number of anilines is 1. The van der Waals surface area contributed by atoms with Crippen molar-refractivity contribution in [2.45, 2.75) is 13.0 Å². The molecule has 122 valence electrons. The predicted molar refractivity (Wildman–Crippen MR) is 101 cm³/mol. The van der Waals surface area contributed by atoms with Crippen LogP contribution in [0.1, 0.15) is 11.1 Å². The molecule has 3 heteroatoms. The summed E-state index contributed by atoms with van der Waals surface area (Å²) in [7, 11) is 0. The fourth-order valence-corrected chi connectivity index (χ4v) is 2.67. The second-order valence-corrected chi connectivity index (χ2v) is 5.96. The lowest BCUT2D eigenvalue weighted by Gasteiger charge is -2.11. The first-order chi connectivity index (χ1) is 11.8. The Hall–Kier alpha value is -2.45. The van der Waals surface area contributed by atoms with Crippen LogP contribution < -0.4 is 10.1 Å². The zero-order valence-electron chi connectivity index (χ0n) is 13.4. The van der Waals surface area contributed by atoms with Crippen LogP contribution in [0, 0.1) is 0 Å². The van der Waals surface area contributed by atoms with Gasteiger partial charge in [0, 0.05) is 29.7 Å². The summed E-state index contributed by atoms with van der Waals surface area (Å²) in [5.41, 5.74) is 3.38. The summed E-state index contributed by atoms with van der Waals surface area (Å²) < 4.78 is 5.86. The van der Waals surface area contributed by atoms with E-state index < -0.39 is 0 Å². The molecule has 0 saturated heterocycles. The van der Waals surface area contributed by atoms with Crippen LogP contribution in [-0.2, 0) is 13.0 Å². The minimum atomic E-state index is 0.665. The Morgan fingerprint density at radius 1 is 0.833 bits per heavy atom. The Morgan fingerprint density at radius 3 is 2.46 bits per heavy atom. The van der Waals surface area contributed by atoms with Gasteiger partial charge in [-0.15, -0.1) is 0 Å². The molecule has 0 amide bonds. The molecule has 1 N–H and O–H groups in total. The quantitative estimate of drug-likeness (QED) is 0.608. The van der Waals surface area contributed by atoms with Crippen molar-refractivity contribution in [3.63, 3.8) is 0 Å². The topological polar surface area (TPSA) is 21.3 Å². The highest BCUT2D eigenvalue weighted by molar-refractivity contribution is 6.31. The molecule has 3 aromatic rings. The smallest absolute Gasteiger partial charge is 0.121 e. The van der Waals surface area contributed by atoms with Crippen LogP contribution in [0.15, 0.2) is 78.9 Å². The lowest BCUT2D eigenvalue weighted by Crippen LogP contribution is -2.03. The predicted octanol–water partition coefficient (Wildman–Crippen LogP) is 5.57. The van der Waals surface area contributed by atoms with Crippen LogP contribution in [0.3, 0.4) is 0 Å². The molecule has 0 fully saturated rings. The minimum Gasteiger partial charge on any atom is -0.493 e. The second-order valence-electron chi connectivity index (χ2n) is 5.56. The number of halogens is 1. The minimum absolute atomic E-state index is 0.665. The molecule has 0 unspecified atom stereocenters. The number of hydrogen-bond donors (Lipinski definition) is 1. The van der Waals surface area contributed by atoms with E-state index in [0.717, 1.165) is 28.4 Å². The Morgan fingerprint density at radius 2 is 1.62 bits per heavy atom. The monoisotopic (exact) mass is 337 g/mol. The largest absolute Gasteiger partial charge is 0.493 e. The number of nitrogens with one attached hydrogen (secondary N) is 1. The van der Waals surface area contributed by atoms with Crippen molar-refractivity contribution in [3.8, 4) is 5.75 Å². The van der Waals surface area contributed by atoms with Gasteiger partial charge >= 0.3 is 0 Å². The normalized spacial score (nSPS) is 10.4. The van der Waals surface area contributed by atoms with Crippen LogP contribution in [0.25, 0.3) is 0 Å². The molecule has 0 radical (unpaired) electrons. The van der Waals surface area contributed by atoms with E-state index in [1.54, 1.807) is 0 Å². The summed E-state index contributed by atoms with van der Waals surface area (Å²) in [6, 6.07) is 26.2. The van der Waals surface area contributed by atoms with Crippen molar-refractivity contribution in [2.24, 2.45) is 0 Å². The van der Waals surface area contributed by atoms with E-state index >= 15 is 0 Å². The van der Waals surface area contributed by atoms with E-state index in [0.29, 0.717) is 13.2 Å². The van der Waals surface area contributed by atoms with Gasteiger partial charge in [0.1, 0.15) is 5.75 Å². The van der Waals surface area contributed by atoms with Gasteiger partial charge in [0.2, 0.25) is 0 Å². The van der Waals surface area contributed by atoms with E-state index in [4.69, 9.17) is 16.3 Å². The Balaban J connectivity index is 1.53. The third-order valence-corrected chi connectivity index (χ3v) is 4.15. The van der Waals surface area contributed by atoms with E-state index in [1.165, 1.54) is 5.56 Å². The van der Waals surface area contributed by atoms with Crippen molar-refractivity contribution < 1.29 is 4.74 Å². The summed E-state index contributed by atoms with van der Waals surface area (Å²) in [5, 5.41) is 4.16. The van der Waals surface area contributed by atoms with Crippen LogP contribution in [0.2, 0.25) is 5.02 Å². The van der Waals surface area contributed by atoms with Crippen LogP contribution in [0.5, 0.6) is 5.75 Å². The van der Waals surface area contributed by atoms with Gasteiger partial charge in [0.15, 0.2) is 0 Å². The molecule has 0 saturated carbocycles. The first kappa shape index (κ1) is 16.4. The summed E-state index contributed by atoms with van der Waals surface area (Å²) in [4.78, 5) is 0. The molecule has 0 aliphatic carbocycles. The molecule has 0 heterocycles. The summed E-state index contributed by atoms with van der Waals surface area (Å²) in [6.45, 7) is 1.35. The van der Waals surface area contributed by atoms with E-state index in [2.05, 4.69) is 29.6 Å². The zero-order valence-corrected chi connectivity index (χ0v) is 14.2. The average molecular weight is 338 g/mol. The maximum Gasteiger partial charge on any atom is 0.121 e. The van der Waals surface area contributed by atoms with Crippen LogP contribution >= 0.6 is 11.6 Å². The van der Waals surface area contributed by atoms with E-state index in [1.807, 2.05) is 54.6 Å². The number of rotatable bonds is 7. The third kappa shape index (κ3) is 4.77. The van der Waals surface area contributed by atoms with Crippen molar-refractivity contribution in [1.29, 1.82) is 0 Å². The first-order valence-electron chi connectivity index (χ1n) is 8.05. The molecule has 0 spiro atoms. The van der Waals surface area contributed by atoms with Gasteiger partial charge in [-0.1, -0.05) is 66.2 Å². The molecular formula is C21H20ClNO. The van der Waals surface area contributed by atoms with Gasteiger partial charge in [0.05, 0.1) is 6.61 Å². The van der Waals surface area contributed by atoms with Gasteiger partial charge in [-0.05, 0) is 29.3 Å². The summed E-state index contributed by atoms with van der Waals surface area (Å²) >= 11 is 6.18. The molecular weight excluding hydrogens is 318 g/mol. The standard InChI is InChI=1S/C21H20ClNO/c22-21-12-5-4-9-18(21)16-23-19-10-6-11-20(15-19)24-14-13-17-7-2-1-3-8-17/h1-12,15,23H,13-14,16H2. The van der Waals surface area contributed by atoms with Crippen molar-refractivity contribution in [2.75, 3.05) is 11.9 Å². The molecule has 24 heavy (non-hydrogen) atoms. The highest BCUT2D eigenvalue weighted by atomic mass is 35.5. The highest BCUT2D eigenvalue weighted by Crippen LogP contribution is 2.20. The van der Waals surface area contributed by atoms with Crippen molar-refractivity contribution in [1.82, 2.24) is 0 Å². The summed E-state index contributed by atoms with van der Waals surface area (Å²) in [6.07, 6.45) is 0.901. The fraction of sp³-hybridized carbons (Fsp3) is 0.143.